The van der Waals surface area contributed by atoms with Crippen LogP contribution in [0.1, 0.15) is 15.9 Å². The van der Waals surface area contributed by atoms with Crippen molar-refractivity contribution in [1.82, 2.24) is 0 Å². The number of aryl methyl sites for hydroxylation is 1. The fourth-order valence-corrected chi connectivity index (χ4v) is 1.94. The summed E-state index contributed by atoms with van der Waals surface area (Å²) in [6.07, 6.45) is 0. The highest BCUT2D eigenvalue weighted by atomic mass is 127. The molecule has 0 spiro atoms. The van der Waals surface area contributed by atoms with Crippen LogP contribution < -0.4 is 5.32 Å². The molecule has 2 rings (SSSR count). The largest absolute Gasteiger partial charge is 0.319 e. The van der Waals surface area contributed by atoms with E-state index in [0.717, 1.165) is 3.57 Å². The maximum Gasteiger partial charge on any atom is 0.255 e. The zero-order valence-electron chi connectivity index (χ0n) is 9.71. The van der Waals surface area contributed by atoms with E-state index in [1.807, 2.05) is 12.1 Å². The number of halogens is 2. The maximum absolute atomic E-state index is 13.6. The van der Waals surface area contributed by atoms with Crippen LogP contribution in [0.4, 0.5) is 10.1 Å². The summed E-state index contributed by atoms with van der Waals surface area (Å²) in [5.74, 6) is -0.728. The molecule has 0 saturated carbocycles. The summed E-state index contributed by atoms with van der Waals surface area (Å²) in [4.78, 5) is 11.9. The van der Waals surface area contributed by atoms with Crippen molar-refractivity contribution in [1.29, 1.82) is 0 Å². The molecule has 2 aromatic carbocycles. The van der Waals surface area contributed by atoms with Crippen LogP contribution in [0.3, 0.4) is 0 Å². The lowest BCUT2D eigenvalue weighted by molar-refractivity contribution is 0.102. The Morgan fingerprint density at radius 1 is 1.17 bits per heavy atom. The van der Waals surface area contributed by atoms with E-state index in [-0.39, 0.29) is 11.6 Å². The van der Waals surface area contributed by atoms with Crippen molar-refractivity contribution < 1.29 is 9.18 Å². The van der Waals surface area contributed by atoms with Crippen LogP contribution in [-0.4, -0.2) is 5.91 Å². The summed E-state index contributed by atoms with van der Waals surface area (Å²) in [5, 5.41) is 2.60. The molecule has 0 fully saturated rings. The minimum Gasteiger partial charge on any atom is -0.319 e. The van der Waals surface area contributed by atoms with Gasteiger partial charge in [-0.15, -0.1) is 0 Å². The molecule has 0 atom stereocenters. The van der Waals surface area contributed by atoms with Crippen molar-refractivity contribution >= 4 is 34.2 Å². The molecule has 0 saturated heterocycles. The molecule has 0 unspecified atom stereocenters. The summed E-state index contributed by atoms with van der Waals surface area (Å²) < 4.78 is 14.6. The smallest absolute Gasteiger partial charge is 0.255 e. The molecule has 0 aromatic heterocycles. The van der Waals surface area contributed by atoms with Gasteiger partial charge in [0.05, 0.1) is 5.69 Å². The van der Waals surface area contributed by atoms with Crippen LogP contribution in [0.25, 0.3) is 0 Å². The Bertz CT molecular complexity index is 561. The number of hydrogen-bond acceptors (Lipinski definition) is 1. The third kappa shape index (κ3) is 2.87. The predicted octanol–water partition coefficient (Wildman–Crippen LogP) is 3.99. The number of anilines is 1. The number of benzene rings is 2. The zero-order chi connectivity index (χ0) is 13.1. The van der Waals surface area contributed by atoms with E-state index in [0.29, 0.717) is 11.1 Å². The van der Waals surface area contributed by atoms with Gasteiger partial charge in [-0.1, -0.05) is 12.1 Å². The van der Waals surface area contributed by atoms with E-state index >= 15 is 0 Å². The quantitative estimate of drug-likeness (QED) is 0.811. The number of amides is 1. The Kier molecular flexibility index (Phi) is 3.96. The van der Waals surface area contributed by atoms with Crippen molar-refractivity contribution in [2.24, 2.45) is 0 Å². The molecule has 1 amide bonds. The molecule has 0 aliphatic heterocycles. The number of rotatable bonds is 2. The summed E-state index contributed by atoms with van der Waals surface area (Å²) >= 11 is 2.16. The minimum absolute atomic E-state index is 0.237. The summed E-state index contributed by atoms with van der Waals surface area (Å²) in [5.41, 5.74) is 1.45. The average molecular weight is 355 g/mol. The number of hydrogen-bond donors (Lipinski definition) is 1. The fraction of sp³-hybridized carbons (Fsp3) is 0.0714. The highest BCUT2D eigenvalue weighted by Gasteiger charge is 2.10. The molecule has 0 aliphatic rings. The lowest BCUT2D eigenvalue weighted by atomic mass is 10.1. The monoisotopic (exact) mass is 355 g/mol. The normalized spacial score (nSPS) is 10.2. The highest BCUT2D eigenvalue weighted by Crippen LogP contribution is 2.19. The Morgan fingerprint density at radius 2 is 1.83 bits per heavy atom. The first-order valence-corrected chi connectivity index (χ1v) is 6.48. The predicted molar refractivity (Wildman–Crippen MR) is 78.2 cm³/mol. The van der Waals surface area contributed by atoms with Gasteiger partial charge in [-0.2, -0.15) is 0 Å². The zero-order valence-corrected chi connectivity index (χ0v) is 11.9. The molecule has 0 heterocycles. The first kappa shape index (κ1) is 13.0. The van der Waals surface area contributed by atoms with Gasteiger partial charge < -0.3 is 5.32 Å². The highest BCUT2D eigenvalue weighted by molar-refractivity contribution is 14.1. The summed E-state index contributed by atoms with van der Waals surface area (Å²) in [7, 11) is 0. The standard InChI is InChI=1S/C14H11FINO/c1-9-3-2-4-12(15)13(9)17-14(18)10-5-7-11(16)8-6-10/h2-8H,1H3,(H,17,18). The summed E-state index contributed by atoms with van der Waals surface area (Å²) in [6, 6.07) is 11.8. The Labute approximate surface area is 118 Å². The first-order valence-electron chi connectivity index (χ1n) is 5.40. The Balaban J connectivity index is 2.24. The second-order valence-corrected chi connectivity index (χ2v) is 5.14. The molecule has 92 valence electrons. The van der Waals surface area contributed by atoms with Gasteiger partial charge in [0, 0.05) is 9.13 Å². The molecule has 0 bridgehead atoms. The van der Waals surface area contributed by atoms with E-state index in [2.05, 4.69) is 27.9 Å². The van der Waals surface area contributed by atoms with Crippen molar-refractivity contribution in [3.05, 3.63) is 63.0 Å². The number of carbonyl (C=O) groups is 1. The van der Waals surface area contributed by atoms with E-state index in [1.54, 1.807) is 31.2 Å². The van der Waals surface area contributed by atoms with Gasteiger partial charge in [-0.05, 0) is 65.4 Å². The average Bonchev–Trinajstić information content (AvgIpc) is 2.34. The molecule has 2 aromatic rings. The number of para-hydroxylation sites is 1. The minimum atomic E-state index is -0.422. The van der Waals surface area contributed by atoms with E-state index in [4.69, 9.17) is 0 Å². The second kappa shape index (κ2) is 5.48. The van der Waals surface area contributed by atoms with Crippen LogP contribution in [0.15, 0.2) is 42.5 Å². The van der Waals surface area contributed by atoms with Crippen molar-refractivity contribution in [3.8, 4) is 0 Å². The van der Waals surface area contributed by atoms with Gasteiger partial charge >= 0.3 is 0 Å². The van der Waals surface area contributed by atoms with Crippen LogP contribution in [0.2, 0.25) is 0 Å². The molecule has 1 N–H and O–H groups in total. The van der Waals surface area contributed by atoms with Gasteiger partial charge in [0.25, 0.3) is 5.91 Å². The summed E-state index contributed by atoms with van der Waals surface area (Å²) in [6.45, 7) is 1.76. The molecule has 18 heavy (non-hydrogen) atoms. The Morgan fingerprint density at radius 3 is 2.44 bits per heavy atom. The van der Waals surface area contributed by atoms with Gasteiger partial charge in [0.1, 0.15) is 5.82 Å². The van der Waals surface area contributed by atoms with Crippen molar-refractivity contribution in [2.75, 3.05) is 5.32 Å². The van der Waals surface area contributed by atoms with Gasteiger partial charge in [-0.25, -0.2) is 4.39 Å². The lowest BCUT2D eigenvalue weighted by Gasteiger charge is -2.09. The second-order valence-electron chi connectivity index (χ2n) is 3.89. The van der Waals surface area contributed by atoms with Gasteiger partial charge in [0.2, 0.25) is 0 Å². The third-order valence-corrected chi connectivity index (χ3v) is 3.29. The first-order chi connectivity index (χ1) is 8.58. The van der Waals surface area contributed by atoms with E-state index < -0.39 is 5.82 Å². The molecule has 2 nitrogen and oxygen atoms in total. The van der Waals surface area contributed by atoms with Crippen LogP contribution in [-0.2, 0) is 0 Å². The molecule has 4 heteroatoms. The Hall–Kier alpha value is -1.43. The number of nitrogens with one attached hydrogen (secondary N) is 1. The van der Waals surface area contributed by atoms with Crippen LogP contribution in [0, 0.1) is 16.3 Å². The van der Waals surface area contributed by atoms with Crippen LogP contribution in [0.5, 0.6) is 0 Å². The van der Waals surface area contributed by atoms with Gasteiger partial charge in [0.15, 0.2) is 0 Å². The maximum atomic E-state index is 13.6. The molecule has 0 radical (unpaired) electrons. The molecular formula is C14H11FINO. The molecular weight excluding hydrogens is 344 g/mol. The van der Waals surface area contributed by atoms with E-state index in [1.165, 1.54) is 6.07 Å². The fourth-order valence-electron chi connectivity index (χ4n) is 1.58. The van der Waals surface area contributed by atoms with E-state index in [9.17, 15) is 9.18 Å². The number of carbonyl (C=O) groups excluding carboxylic acids is 1. The van der Waals surface area contributed by atoms with Crippen molar-refractivity contribution in [2.45, 2.75) is 6.92 Å². The van der Waals surface area contributed by atoms with Gasteiger partial charge in [-0.3, -0.25) is 4.79 Å². The van der Waals surface area contributed by atoms with Crippen LogP contribution >= 0.6 is 22.6 Å². The third-order valence-electron chi connectivity index (χ3n) is 2.57. The molecule has 0 aliphatic carbocycles. The topological polar surface area (TPSA) is 29.1 Å². The van der Waals surface area contributed by atoms with Crippen molar-refractivity contribution in [3.63, 3.8) is 0 Å². The lowest BCUT2D eigenvalue weighted by Crippen LogP contribution is -2.13. The SMILES string of the molecule is Cc1cccc(F)c1NC(=O)c1ccc(I)cc1.